The van der Waals surface area contributed by atoms with E-state index in [1.165, 1.54) is 5.56 Å². The van der Waals surface area contributed by atoms with Gasteiger partial charge < -0.3 is 10.4 Å². The summed E-state index contributed by atoms with van der Waals surface area (Å²) in [4.78, 5) is 16.6. The van der Waals surface area contributed by atoms with Gasteiger partial charge in [-0.25, -0.2) is 4.98 Å². The van der Waals surface area contributed by atoms with Gasteiger partial charge in [0.2, 0.25) is 5.91 Å². The highest BCUT2D eigenvalue weighted by molar-refractivity contribution is 7.13. The van der Waals surface area contributed by atoms with E-state index in [1.807, 2.05) is 31.4 Å². The number of carbonyl (C=O) groups is 1. The van der Waals surface area contributed by atoms with E-state index in [0.717, 1.165) is 22.7 Å². The number of aryl methyl sites for hydroxylation is 1. The number of thiazole rings is 1. The summed E-state index contributed by atoms with van der Waals surface area (Å²) >= 11 is 1.54. The number of hydrogen-bond donors (Lipinski definition) is 2. The zero-order valence-corrected chi connectivity index (χ0v) is 15.6. The van der Waals surface area contributed by atoms with Crippen LogP contribution < -0.4 is 5.32 Å². The van der Waals surface area contributed by atoms with Crippen molar-refractivity contribution in [3.63, 3.8) is 0 Å². The van der Waals surface area contributed by atoms with E-state index in [-0.39, 0.29) is 24.8 Å². The van der Waals surface area contributed by atoms with Gasteiger partial charge in [0.15, 0.2) is 0 Å². The topological polar surface area (TPSA) is 62.2 Å². The summed E-state index contributed by atoms with van der Waals surface area (Å²) in [6.45, 7) is 8.09. The Hall–Kier alpha value is -1.72. The lowest BCUT2D eigenvalue weighted by atomic mass is 9.88. The van der Waals surface area contributed by atoms with Gasteiger partial charge in [0.25, 0.3) is 0 Å². The number of hydrogen-bond acceptors (Lipinski definition) is 4. The van der Waals surface area contributed by atoms with Gasteiger partial charge in [-0.2, -0.15) is 0 Å². The number of carbonyl (C=O) groups excluding carboxylic acids is 1. The molecule has 0 saturated heterocycles. The quantitative estimate of drug-likeness (QED) is 0.805. The zero-order chi connectivity index (χ0) is 17.7. The average molecular weight is 346 g/mol. The first kappa shape index (κ1) is 18.6. The molecule has 0 fully saturated rings. The van der Waals surface area contributed by atoms with Gasteiger partial charge in [-0.3, -0.25) is 4.79 Å². The maximum atomic E-state index is 12.1. The maximum Gasteiger partial charge on any atom is 0.226 e. The summed E-state index contributed by atoms with van der Waals surface area (Å²) in [7, 11) is 0. The van der Waals surface area contributed by atoms with E-state index in [4.69, 9.17) is 0 Å². The van der Waals surface area contributed by atoms with Crippen LogP contribution in [0.1, 0.15) is 38.4 Å². The van der Waals surface area contributed by atoms with Crippen LogP contribution in [0.15, 0.2) is 29.6 Å². The first-order valence-electron chi connectivity index (χ1n) is 8.32. The van der Waals surface area contributed by atoms with Crippen LogP contribution in [0.25, 0.3) is 10.6 Å². The number of aromatic nitrogens is 1. The largest absolute Gasteiger partial charge is 0.388 e. The third-order valence-electron chi connectivity index (χ3n) is 4.51. The zero-order valence-electron chi connectivity index (χ0n) is 14.8. The van der Waals surface area contributed by atoms with Crippen molar-refractivity contribution in [1.82, 2.24) is 10.3 Å². The van der Waals surface area contributed by atoms with E-state index < -0.39 is 5.60 Å². The fourth-order valence-corrected chi connectivity index (χ4v) is 3.16. The Kier molecular flexibility index (Phi) is 6.13. The number of nitrogens with zero attached hydrogens (tertiary/aromatic N) is 1. The van der Waals surface area contributed by atoms with Crippen LogP contribution in [0.3, 0.4) is 0 Å². The Morgan fingerprint density at radius 2 is 2.04 bits per heavy atom. The van der Waals surface area contributed by atoms with E-state index in [0.29, 0.717) is 0 Å². The smallest absolute Gasteiger partial charge is 0.226 e. The van der Waals surface area contributed by atoms with Crippen LogP contribution in [-0.4, -0.2) is 28.1 Å². The molecular formula is C19H26N2O2S. The molecule has 1 aromatic carbocycles. The molecule has 0 aliphatic heterocycles. The molecule has 0 saturated carbocycles. The van der Waals surface area contributed by atoms with Crippen LogP contribution >= 0.6 is 11.3 Å². The van der Waals surface area contributed by atoms with Gasteiger partial charge >= 0.3 is 0 Å². The highest BCUT2D eigenvalue weighted by atomic mass is 32.1. The molecule has 2 N–H and O–H groups in total. The van der Waals surface area contributed by atoms with Crippen molar-refractivity contribution in [1.29, 1.82) is 0 Å². The molecule has 1 heterocycles. The van der Waals surface area contributed by atoms with E-state index >= 15 is 0 Å². The van der Waals surface area contributed by atoms with Crippen LogP contribution in [0.2, 0.25) is 0 Å². The van der Waals surface area contributed by atoms with Gasteiger partial charge in [-0.05, 0) is 19.8 Å². The number of rotatable bonds is 7. The molecule has 2 rings (SSSR count). The predicted octanol–water partition coefficient (Wildman–Crippen LogP) is 3.57. The minimum absolute atomic E-state index is 0.112. The Morgan fingerprint density at radius 3 is 2.67 bits per heavy atom. The van der Waals surface area contributed by atoms with E-state index in [1.54, 1.807) is 18.3 Å². The van der Waals surface area contributed by atoms with Gasteiger partial charge in [0.1, 0.15) is 5.01 Å². The van der Waals surface area contributed by atoms with Gasteiger partial charge in [0.05, 0.1) is 17.7 Å². The lowest BCUT2D eigenvalue weighted by Crippen LogP contribution is -2.45. The average Bonchev–Trinajstić information content (AvgIpc) is 3.01. The molecule has 0 aliphatic rings. The highest BCUT2D eigenvalue weighted by Crippen LogP contribution is 2.24. The SMILES string of the molecule is CCC(C)C(C)(O)CNC(=O)Cc1csc(-c2ccc(C)cc2)n1. The Balaban J connectivity index is 1.92. The molecule has 1 aromatic heterocycles. The first-order chi connectivity index (χ1) is 11.3. The molecule has 4 nitrogen and oxygen atoms in total. The van der Waals surface area contributed by atoms with Gasteiger partial charge in [-0.1, -0.05) is 50.1 Å². The van der Waals surface area contributed by atoms with Crippen LogP contribution in [-0.2, 0) is 11.2 Å². The molecule has 2 unspecified atom stereocenters. The van der Waals surface area contributed by atoms with Crippen molar-refractivity contribution >= 4 is 17.2 Å². The van der Waals surface area contributed by atoms with E-state index in [2.05, 4.69) is 29.4 Å². The van der Waals surface area contributed by atoms with Crippen molar-refractivity contribution in [2.75, 3.05) is 6.54 Å². The summed E-state index contributed by atoms with van der Waals surface area (Å²) in [6.07, 6.45) is 1.10. The van der Waals surface area contributed by atoms with Crippen LogP contribution in [0.5, 0.6) is 0 Å². The molecule has 2 aromatic rings. The Morgan fingerprint density at radius 1 is 1.38 bits per heavy atom. The number of benzene rings is 1. The molecule has 130 valence electrons. The minimum atomic E-state index is -0.889. The summed E-state index contributed by atoms with van der Waals surface area (Å²) < 4.78 is 0. The Labute approximate surface area is 148 Å². The highest BCUT2D eigenvalue weighted by Gasteiger charge is 2.27. The molecule has 0 radical (unpaired) electrons. The normalized spacial score (nSPS) is 14.9. The summed E-state index contributed by atoms with van der Waals surface area (Å²) in [5, 5.41) is 16.0. The molecule has 0 aliphatic carbocycles. The molecule has 1 amide bonds. The molecule has 5 heteroatoms. The molecule has 24 heavy (non-hydrogen) atoms. The predicted molar refractivity (Wildman–Crippen MR) is 99.1 cm³/mol. The van der Waals surface area contributed by atoms with Crippen molar-refractivity contribution in [3.05, 3.63) is 40.9 Å². The second-order valence-corrected chi connectivity index (χ2v) is 7.49. The van der Waals surface area contributed by atoms with Crippen molar-refractivity contribution in [3.8, 4) is 10.6 Å². The summed E-state index contributed by atoms with van der Waals surface area (Å²) in [5.74, 6) is 0.0181. The summed E-state index contributed by atoms with van der Waals surface area (Å²) in [5.41, 5.74) is 2.15. The second-order valence-electron chi connectivity index (χ2n) is 6.63. The first-order valence-corrected chi connectivity index (χ1v) is 9.20. The second kappa shape index (κ2) is 7.90. The summed E-state index contributed by atoms with van der Waals surface area (Å²) in [6, 6.07) is 8.20. The third-order valence-corrected chi connectivity index (χ3v) is 5.45. The molecule has 0 bridgehead atoms. The van der Waals surface area contributed by atoms with Gasteiger partial charge in [-0.15, -0.1) is 11.3 Å². The maximum absolute atomic E-state index is 12.1. The molecular weight excluding hydrogens is 320 g/mol. The fourth-order valence-electron chi connectivity index (χ4n) is 2.34. The third kappa shape index (κ3) is 4.89. The molecule has 0 spiro atoms. The minimum Gasteiger partial charge on any atom is -0.388 e. The standard InChI is InChI=1S/C19H26N2O2S/c1-5-14(3)19(4,23)12-20-17(22)10-16-11-24-18(21-16)15-8-6-13(2)7-9-15/h6-9,11,14,23H,5,10,12H2,1-4H3,(H,20,22). The molecule has 2 atom stereocenters. The Bertz CT molecular complexity index is 677. The monoisotopic (exact) mass is 346 g/mol. The van der Waals surface area contributed by atoms with Crippen molar-refractivity contribution in [2.45, 2.75) is 46.1 Å². The van der Waals surface area contributed by atoms with Crippen LogP contribution in [0, 0.1) is 12.8 Å². The number of aliphatic hydroxyl groups is 1. The van der Waals surface area contributed by atoms with Crippen molar-refractivity contribution in [2.24, 2.45) is 5.92 Å². The van der Waals surface area contributed by atoms with Crippen LogP contribution in [0.4, 0.5) is 0 Å². The van der Waals surface area contributed by atoms with Gasteiger partial charge in [0, 0.05) is 17.5 Å². The lowest BCUT2D eigenvalue weighted by Gasteiger charge is -2.29. The van der Waals surface area contributed by atoms with Crippen molar-refractivity contribution < 1.29 is 9.90 Å². The fraction of sp³-hybridized carbons (Fsp3) is 0.474. The number of nitrogens with one attached hydrogen (secondary N) is 1. The lowest BCUT2D eigenvalue weighted by molar-refractivity contribution is -0.122. The number of amides is 1. The van der Waals surface area contributed by atoms with E-state index in [9.17, 15) is 9.90 Å².